The van der Waals surface area contributed by atoms with Gasteiger partial charge in [-0.3, -0.25) is 4.79 Å². The van der Waals surface area contributed by atoms with Gasteiger partial charge in [-0.1, -0.05) is 0 Å². The average Bonchev–Trinajstić information content (AvgIpc) is 2.62. The van der Waals surface area contributed by atoms with Gasteiger partial charge in [0.25, 0.3) is 5.91 Å². The Morgan fingerprint density at radius 2 is 1.62 bits per heavy atom. The van der Waals surface area contributed by atoms with Gasteiger partial charge in [0.05, 0.1) is 37.9 Å². The number of nitrogens with zero attached hydrogens (tertiary/aromatic N) is 1. The van der Waals surface area contributed by atoms with E-state index in [1.165, 1.54) is 12.1 Å². The topological polar surface area (TPSA) is 107 Å². The van der Waals surface area contributed by atoms with Crippen LogP contribution in [-0.4, -0.2) is 44.8 Å². The second kappa shape index (κ2) is 11.6. The van der Waals surface area contributed by atoms with Gasteiger partial charge in [-0.25, -0.2) is 4.79 Å². The fourth-order valence-corrected chi connectivity index (χ4v) is 2.03. The zero-order chi connectivity index (χ0) is 19.4. The summed E-state index contributed by atoms with van der Waals surface area (Å²) in [4.78, 5) is 23.8. The zero-order valence-electron chi connectivity index (χ0n) is 15.3. The van der Waals surface area contributed by atoms with Crippen LogP contribution in [0, 0.1) is 11.3 Å². The summed E-state index contributed by atoms with van der Waals surface area (Å²) < 4.78 is 21.6. The van der Waals surface area contributed by atoms with Crippen LogP contribution in [0.4, 0.5) is 0 Å². The Balaban J connectivity index is 2.91. The van der Waals surface area contributed by atoms with E-state index < -0.39 is 18.5 Å². The maximum Gasteiger partial charge on any atom is 0.338 e. The molecule has 0 radical (unpaired) electrons. The molecular weight excluding hydrogens is 340 g/mol. The first-order valence-electron chi connectivity index (χ1n) is 8.44. The Kier molecular flexibility index (Phi) is 9.39. The van der Waals surface area contributed by atoms with Crippen LogP contribution in [0.2, 0.25) is 0 Å². The maximum atomic E-state index is 12.3. The summed E-state index contributed by atoms with van der Waals surface area (Å²) in [5, 5.41) is 10.9. The molecule has 1 N–H and O–H groups in total. The third-order valence-electron chi connectivity index (χ3n) is 3.04. The first kappa shape index (κ1) is 21.1. The number of hydrogen-bond donors (Lipinski definition) is 1. The number of hydrogen-bond acceptors (Lipinski definition) is 7. The van der Waals surface area contributed by atoms with Crippen molar-refractivity contribution in [1.29, 1.82) is 5.26 Å². The molecule has 1 rings (SSSR count). The molecule has 1 amide bonds. The Morgan fingerprint density at radius 1 is 1.04 bits per heavy atom. The number of carbonyl (C=O) groups is 2. The standard InChI is InChI=1S/C18H24N2O6/c1-4-23-14-10-13(11-15(24-5-2)17(14)25-6-3)18(22)26-12-16(21)20-9-7-8-19/h10-11H,4-7,9,12H2,1-3H3,(H,20,21). The molecule has 0 saturated heterocycles. The minimum Gasteiger partial charge on any atom is -0.490 e. The largest absolute Gasteiger partial charge is 0.490 e. The first-order valence-corrected chi connectivity index (χ1v) is 8.44. The van der Waals surface area contributed by atoms with Crippen LogP contribution in [0.15, 0.2) is 12.1 Å². The highest BCUT2D eigenvalue weighted by molar-refractivity contribution is 5.92. The van der Waals surface area contributed by atoms with Crippen molar-refractivity contribution in [2.24, 2.45) is 0 Å². The molecule has 0 saturated carbocycles. The molecule has 0 unspecified atom stereocenters. The zero-order valence-corrected chi connectivity index (χ0v) is 15.3. The van der Waals surface area contributed by atoms with Crippen LogP contribution in [0.25, 0.3) is 0 Å². The summed E-state index contributed by atoms with van der Waals surface area (Å²) in [6.07, 6.45) is 0.189. The lowest BCUT2D eigenvalue weighted by atomic mass is 10.2. The SMILES string of the molecule is CCOc1cc(C(=O)OCC(=O)NCCC#N)cc(OCC)c1OCC. The van der Waals surface area contributed by atoms with Crippen molar-refractivity contribution in [3.05, 3.63) is 17.7 Å². The molecule has 0 fully saturated rings. The molecule has 0 atom stereocenters. The van der Waals surface area contributed by atoms with Crippen molar-refractivity contribution >= 4 is 11.9 Å². The second-order valence-corrected chi connectivity index (χ2v) is 4.93. The Bertz CT molecular complexity index is 627. The van der Waals surface area contributed by atoms with Crippen molar-refractivity contribution < 1.29 is 28.5 Å². The second-order valence-electron chi connectivity index (χ2n) is 4.93. The maximum absolute atomic E-state index is 12.3. The van der Waals surface area contributed by atoms with Gasteiger partial charge in [0.15, 0.2) is 18.1 Å². The van der Waals surface area contributed by atoms with E-state index in [9.17, 15) is 9.59 Å². The molecule has 0 spiro atoms. The number of amides is 1. The predicted molar refractivity (Wildman–Crippen MR) is 93.5 cm³/mol. The molecule has 1 aromatic carbocycles. The van der Waals surface area contributed by atoms with Crippen LogP contribution < -0.4 is 19.5 Å². The number of carbonyl (C=O) groups excluding carboxylic acids is 2. The van der Waals surface area contributed by atoms with E-state index >= 15 is 0 Å². The monoisotopic (exact) mass is 364 g/mol. The van der Waals surface area contributed by atoms with Gasteiger partial charge in [-0.05, 0) is 32.9 Å². The van der Waals surface area contributed by atoms with Crippen LogP contribution in [0.5, 0.6) is 17.2 Å². The number of ether oxygens (including phenoxy) is 4. The highest BCUT2D eigenvalue weighted by Crippen LogP contribution is 2.39. The molecule has 142 valence electrons. The van der Waals surface area contributed by atoms with Gasteiger partial charge >= 0.3 is 5.97 Å². The normalized spacial score (nSPS) is 9.77. The summed E-state index contributed by atoms with van der Waals surface area (Å²) in [6.45, 7) is 6.39. The van der Waals surface area contributed by atoms with Crippen molar-refractivity contribution in [3.8, 4) is 23.3 Å². The number of benzene rings is 1. The molecule has 8 heteroatoms. The van der Waals surface area contributed by atoms with Crippen LogP contribution in [-0.2, 0) is 9.53 Å². The molecule has 1 aromatic rings. The van der Waals surface area contributed by atoms with Crippen molar-refractivity contribution in [2.75, 3.05) is 33.0 Å². The Morgan fingerprint density at radius 3 is 2.12 bits per heavy atom. The van der Waals surface area contributed by atoms with E-state index in [0.29, 0.717) is 37.1 Å². The van der Waals surface area contributed by atoms with Gasteiger partial charge in [-0.15, -0.1) is 0 Å². The smallest absolute Gasteiger partial charge is 0.338 e. The number of rotatable bonds is 11. The van der Waals surface area contributed by atoms with Crippen molar-refractivity contribution in [1.82, 2.24) is 5.32 Å². The van der Waals surface area contributed by atoms with Crippen molar-refractivity contribution in [2.45, 2.75) is 27.2 Å². The van der Waals surface area contributed by atoms with Gasteiger partial charge in [0.2, 0.25) is 5.75 Å². The van der Waals surface area contributed by atoms with Crippen molar-refractivity contribution in [3.63, 3.8) is 0 Å². The first-order chi connectivity index (χ1) is 12.6. The molecule has 0 aliphatic heterocycles. The summed E-state index contributed by atoms with van der Waals surface area (Å²) in [5.74, 6) is -0.0153. The highest BCUT2D eigenvalue weighted by atomic mass is 16.5. The van der Waals surface area contributed by atoms with E-state index in [0.717, 1.165) is 0 Å². The van der Waals surface area contributed by atoms with Crippen LogP contribution >= 0.6 is 0 Å². The average molecular weight is 364 g/mol. The van der Waals surface area contributed by atoms with E-state index in [4.69, 9.17) is 24.2 Å². The molecule has 0 aliphatic rings. The summed E-state index contributed by atoms with van der Waals surface area (Å²) in [5.41, 5.74) is 0.185. The van der Waals surface area contributed by atoms with Gasteiger partial charge in [0.1, 0.15) is 0 Å². The molecule has 0 aliphatic carbocycles. The quantitative estimate of drug-likeness (QED) is 0.473. The number of nitriles is 1. The number of esters is 1. The third-order valence-corrected chi connectivity index (χ3v) is 3.04. The van der Waals surface area contributed by atoms with Gasteiger partial charge in [0, 0.05) is 6.54 Å². The van der Waals surface area contributed by atoms with E-state index in [1.54, 1.807) is 0 Å². The molecule has 0 aromatic heterocycles. The lowest BCUT2D eigenvalue weighted by Gasteiger charge is -2.16. The van der Waals surface area contributed by atoms with Crippen LogP contribution in [0.3, 0.4) is 0 Å². The number of nitrogens with one attached hydrogen (secondary N) is 1. The highest BCUT2D eigenvalue weighted by Gasteiger charge is 2.19. The van der Waals surface area contributed by atoms with E-state index in [-0.39, 0.29) is 18.5 Å². The molecule has 8 nitrogen and oxygen atoms in total. The Labute approximate surface area is 153 Å². The molecular formula is C18H24N2O6. The summed E-state index contributed by atoms with van der Waals surface area (Å²) in [7, 11) is 0. The fraction of sp³-hybridized carbons (Fsp3) is 0.500. The lowest BCUT2D eigenvalue weighted by molar-refractivity contribution is -0.124. The summed E-state index contributed by atoms with van der Waals surface area (Å²) in [6, 6.07) is 4.89. The fourth-order valence-electron chi connectivity index (χ4n) is 2.03. The molecule has 0 bridgehead atoms. The minimum absolute atomic E-state index is 0.185. The van der Waals surface area contributed by atoms with E-state index in [1.807, 2.05) is 26.8 Å². The third kappa shape index (κ3) is 6.51. The van der Waals surface area contributed by atoms with Gasteiger partial charge in [-0.2, -0.15) is 5.26 Å². The van der Waals surface area contributed by atoms with E-state index in [2.05, 4.69) is 5.32 Å². The predicted octanol–water partition coefficient (Wildman–Crippen LogP) is 2.07. The van der Waals surface area contributed by atoms with Crippen LogP contribution in [0.1, 0.15) is 37.6 Å². The lowest BCUT2D eigenvalue weighted by Crippen LogP contribution is -2.29. The summed E-state index contributed by atoms with van der Waals surface area (Å²) >= 11 is 0. The minimum atomic E-state index is -0.689. The van der Waals surface area contributed by atoms with Gasteiger partial charge < -0.3 is 24.3 Å². The Hall–Kier alpha value is -2.95. The molecule has 26 heavy (non-hydrogen) atoms. The molecule has 0 heterocycles.